The standard InChI is InChI=1S/C43H38BN/c1-42(2,3)32-21-31(22-33(25-32)43(4,5)6)39-36-16-10-14-34-35-15-9-13-26-17-18-45(41(26)35)44(40(34)36)38-24-30-20-28-12-8-7-11-27(28)19-29(30)23-37(38)39/h7-25,39H,1-6H3. The number of nitrogens with zero attached hydrogens (tertiary/aromatic N) is 1. The molecule has 0 amide bonds. The van der Waals surface area contributed by atoms with Gasteiger partial charge in [-0.05, 0) is 106 Å². The molecule has 0 N–H and O–H groups in total. The van der Waals surface area contributed by atoms with Crippen molar-refractivity contribution >= 4 is 50.2 Å². The van der Waals surface area contributed by atoms with E-state index in [2.05, 4.69) is 161 Å². The summed E-state index contributed by atoms with van der Waals surface area (Å²) in [4.78, 5) is 0. The number of hydrogen-bond donors (Lipinski definition) is 0. The summed E-state index contributed by atoms with van der Waals surface area (Å²) >= 11 is 0. The highest BCUT2D eigenvalue weighted by Crippen LogP contribution is 2.43. The molecular formula is C43H38BN. The predicted molar refractivity (Wildman–Crippen MR) is 194 cm³/mol. The van der Waals surface area contributed by atoms with E-state index in [1.807, 2.05) is 0 Å². The van der Waals surface area contributed by atoms with Crippen LogP contribution in [0.1, 0.15) is 75.3 Å². The van der Waals surface area contributed by atoms with Crippen LogP contribution < -0.4 is 10.9 Å². The zero-order valence-electron chi connectivity index (χ0n) is 27.1. The molecule has 1 atom stereocenters. The summed E-state index contributed by atoms with van der Waals surface area (Å²) in [6.07, 6.45) is 2.32. The van der Waals surface area contributed by atoms with E-state index in [-0.39, 0.29) is 23.6 Å². The minimum absolute atomic E-state index is 0.0458. The zero-order chi connectivity index (χ0) is 30.8. The molecule has 0 radical (unpaired) electrons. The van der Waals surface area contributed by atoms with E-state index in [0.717, 1.165) is 0 Å². The summed E-state index contributed by atoms with van der Waals surface area (Å²) < 4.78 is 2.56. The lowest BCUT2D eigenvalue weighted by atomic mass is 9.41. The number of benzene rings is 6. The van der Waals surface area contributed by atoms with Crippen LogP contribution in [0.15, 0.2) is 115 Å². The molecule has 2 heteroatoms. The molecule has 1 unspecified atom stereocenters. The van der Waals surface area contributed by atoms with E-state index in [4.69, 9.17) is 0 Å². The highest BCUT2D eigenvalue weighted by Gasteiger charge is 2.42. The fraction of sp³-hybridized carbons (Fsp3) is 0.209. The van der Waals surface area contributed by atoms with Crippen molar-refractivity contribution in [3.63, 3.8) is 0 Å². The van der Waals surface area contributed by atoms with Gasteiger partial charge in [0.1, 0.15) is 0 Å². The molecule has 0 aliphatic carbocycles. The Morgan fingerprint density at radius 3 is 1.84 bits per heavy atom. The summed E-state index contributed by atoms with van der Waals surface area (Å²) in [7, 11) is 0. The molecule has 2 aliphatic rings. The van der Waals surface area contributed by atoms with Crippen LogP contribution >= 0.6 is 0 Å². The Kier molecular flexibility index (Phi) is 5.37. The lowest BCUT2D eigenvalue weighted by Crippen LogP contribution is -2.57. The van der Waals surface area contributed by atoms with Gasteiger partial charge in [-0.15, -0.1) is 0 Å². The molecule has 0 bridgehead atoms. The van der Waals surface area contributed by atoms with Gasteiger partial charge >= 0.3 is 6.85 Å². The lowest BCUT2D eigenvalue weighted by Gasteiger charge is -2.39. The van der Waals surface area contributed by atoms with Crippen LogP contribution in [-0.2, 0) is 10.8 Å². The normalized spacial score (nSPS) is 15.5. The minimum atomic E-state index is 0.0458. The quantitative estimate of drug-likeness (QED) is 0.135. The van der Waals surface area contributed by atoms with Gasteiger partial charge in [-0.2, -0.15) is 0 Å². The molecular weight excluding hydrogens is 541 g/mol. The van der Waals surface area contributed by atoms with Crippen LogP contribution in [0.25, 0.3) is 43.6 Å². The van der Waals surface area contributed by atoms with Crippen LogP contribution in [0, 0.1) is 0 Å². The van der Waals surface area contributed by atoms with Gasteiger partial charge in [0, 0.05) is 17.0 Å². The highest BCUT2D eigenvalue weighted by atomic mass is 14.9. The Balaban J connectivity index is 1.42. The van der Waals surface area contributed by atoms with Crippen molar-refractivity contribution in [3.05, 3.63) is 143 Å². The molecule has 0 saturated carbocycles. The molecule has 6 aromatic carbocycles. The third kappa shape index (κ3) is 3.88. The molecule has 0 spiro atoms. The number of para-hydroxylation sites is 1. The first kappa shape index (κ1) is 26.8. The molecule has 0 fully saturated rings. The van der Waals surface area contributed by atoms with Crippen molar-refractivity contribution in [1.82, 2.24) is 4.48 Å². The highest BCUT2D eigenvalue weighted by molar-refractivity contribution is 6.87. The van der Waals surface area contributed by atoms with Crippen LogP contribution in [0.3, 0.4) is 0 Å². The van der Waals surface area contributed by atoms with E-state index >= 15 is 0 Å². The number of hydrogen-bond acceptors (Lipinski definition) is 0. The number of rotatable bonds is 1. The van der Waals surface area contributed by atoms with Gasteiger partial charge < -0.3 is 4.48 Å². The summed E-state index contributed by atoms with van der Waals surface area (Å²) in [6, 6.07) is 42.3. The first-order valence-corrected chi connectivity index (χ1v) is 16.4. The summed E-state index contributed by atoms with van der Waals surface area (Å²) in [5.74, 6) is 0.141. The Hall–Kier alpha value is -4.56. The van der Waals surface area contributed by atoms with Gasteiger partial charge in [-0.1, -0.05) is 133 Å². The predicted octanol–water partition coefficient (Wildman–Crippen LogP) is 9.67. The average molecular weight is 580 g/mol. The summed E-state index contributed by atoms with van der Waals surface area (Å²) in [5.41, 5.74) is 14.1. The van der Waals surface area contributed by atoms with Crippen LogP contribution in [0.4, 0.5) is 0 Å². The zero-order valence-corrected chi connectivity index (χ0v) is 27.1. The number of aromatic nitrogens is 1. The van der Waals surface area contributed by atoms with Crippen LogP contribution in [-0.4, -0.2) is 11.3 Å². The van der Waals surface area contributed by atoms with E-state index in [1.165, 1.54) is 82.3 Å². The fourth-order valence-electron chi connectivity index (χ4n) is 8.20. The van der Waals surface area contributed by atoms with E-state index in [9.17, 15) is 0 Å². The smallest absolute Gasteiger partial charge is 0.329 e. The van der Waals surface area contributed by atoms with Crippen LogP contribution in [0.2, 0.25) is 0 Å². The molecule has 3 heterocycles. The molecule has 0 saturated heterocycles. The molecule has 1 nitrogen and oxygen atoms in total. The lowest BCUT2D eigenvalue weighted by molar-refractivity contribution is 0.566. The maximum Gasteiger partial charge on any atom is 0.329 e. The van der Waals surface area contributed by atoms with Gasteiger partial charge in [-0.25, -0.2) is 0 Å². The average Bonchev–Trinajstić information content (AvgIpc) is 3.45. The van der Waals surface area contributed by atoms with Crippen molar-refractivity contribution < 1.29 is 0 Å². The van der Waals surface area contributed by atoms with Gasteiger partial charge in [0.2, 0.25) is 0 Å². The van der Waals surface area contributed by atoms with Crippen molar-refractivity contribution in [2.75, 3.05) is 0 Å². The van der Waals surface area contributed by atoms with Crippen molar-refractivity contribution in [2.45, 2.75) is 58.3 Å². The van der Waals surface area contributed by atoms with Gasteiger partial charge in [0.05, 0.1) is 0 Å². The molecule has 1 aromatic heterocycles. The monoisotopic (exact) mass is 579 g/mol. The molecule has 7 aromatic rings. The third-order valence-electron chi connectivity index (χ3n) is 10.6. The van der Waals surface area contributed by atoms with E-state index in [0.29, 0.717) is 0 Å². The first-order chi connectivity index (χ1) is 21.6. The second kappa shape index (κ2) is 9.01. The summed E-state index contributed by atoms with van der Waals surface area (Å²) in [5, 5.41) is 6.53. The molecule has 2 aliphatic heterocycles. The Morgan fingerprint density at radius 1 is 0.533 bits per heavy atom. The Bertz CT molecular complexity index is 2330. The Labute approximate surface area is 266 Å². The van der Waals surface area contributed by atoms with Crippen molar-refractivity contribution in [3.8, 4) is 11.1 Å². The summed E-state index contributed by atoms with van der Waals surface area (Å²) in [6.45, 7) is 14.2. The first-order valence-electron chi connectivity index (χ1n) is 16.4. The Morgan fingerprint density at radius 2 is 1.16 bits per heavy atom. The van der Waals surface area contributed by atoms with Gasteiger partial charge in [0.25, 0.3) is 0 Å². The van der Waals surface area contributed by atoms with Crippen molar-refractivity contribution in [1.29, 1.82) is 0 Å². The topological polar surface area (TPSA) is 4.93 Å². The molecule has 218 valence electrons. The number of fused-ring (bicyclic) bond motifs is 6. The molecule has 45 heavy (non-hydrogen) atoms. The minimum Gasteiger partial charge on any atom is -0.382 e. The SMILES string of the molecule is CC(C)(C)c1cc(C2c3cc4cc5ccccc5cc4cc3B3c4c(cccc42)-c2cccc4ccn3c24)cc(C(C)(C)C)c1. The van der Waals surface area contributed by atoms with Crippen LogP contribution in [0.5, 0.6) is 0 Å². The van der Waals surface area contributed by atoms with E-state index < -0.39 is 0 Å². The second-order valence-corrected chi connectivity index (χ2v) is 15.5. The fourth-order valence-corrected chi connectivity index (χ4v) is 8.20. The molecule has 9 rings (SSSR count). The van der Waals surface area contributed by atoms with Crippen molar-refractivity contribution in [2.24, 2.45) is 0 Å². The van der Waals surface area contributed by atoms with E-state index in [1.54, 1.807) is 0 Å². The second-order valence-electron chi connectivity index (χ2n) is 15.5. The maximum atomic E-state index is 2.56. The van der Waals surface area contributed by atoms with Gasteiger partial charge in [0.15, 0.2) is 0 Å². The third-order valence-corrected chi connectivity index (χ3v) is 10.6. The maximum absolute atomic E-state index is 2.56. The van der Waals surface area contributed by atoms with Gasteiger partial charge in [-0.3, -0.25) is 0 Å². The largest absolute Gasteiger partial charge is 0.382 e.